The van der Waals surface area contributed by atoms with Crippen LogP contribution in [0.5, 0.6) is 0 Å². The Morgan fingerprint density at radius 3 is 2.58 bits per heavy atom. The van der Waals surface area contributed by atoms with Gasteiger partial charge >= 0.3 is 5.97 Å². The third-order valence-corrected chi connectivity index (χ3v) is 6.34. The fourth-order valence-electron chi connectivity index (χ4n) is 2.79. The maximum Gasteiger partial charge on any atom is 0.338 e. The van der Waals surface area contributed by atoms with Crippen LogP contribution in [-0.2, 0) is 14.8 Å². The summed E-state index contributed by atoms with van der Waals surface area (Å²) in [6.45, 7) is 3.21. The maximum absolute atomic E-state index is 13.8. The van der Waals surface area contributed by atoms with Crippen LogP contribution >= 0.6 is 0 Å². The van der Waals surface area contributed by atoms with Crippen LogP contribution in [0, 0.1) is 12.7 Å². The van der Waals surface area contributed by atoms with Crippen molar-refractivity contribution in [3.05, 3.63) is 65.3 Å². The summed E-state index contributed by atoms with van der Waals surface area (Å²) in [4.78, 5) is 16.7. The molecule has 1 N–H and O–H groups in total. The molecule has 0 spiro atoms. The summed E-state index contributed by atoms with van der Waals surface area (Å²) in [5.74, 6) is -0.833. The summed E-state index contributed by atoms with van der Waals surface area (Å²) in [6.07, 6.45) is 0.805. The first-order valence-electron chi connectivity index (χ1n) is 9.66. The van der Waals surface area contributed by atoms with E-state index in [1.165, 1.54) is 30.3 Å². The average molecular weight is 445 g/mol. The number of ether oxygens (including phenoxy) is 1. The van der Waals surface area contributed by atoms with E-state index in [1.54, 1.807) is 26.0 Å². The van der Waals surface area contributed by atoms with E-state index in [-0.39, 0.29) is 34.0 Å². The zero-order valence-corrected chi connectivity index (χ0v) is 17.6. The minimum absolute atomic E-state index is 0.00816. The molecule has 0 aliphatic heterocycles. The van der Waals surface area contributed by atoms with E-state index in [0.29, 0.717) is 11.1 Å². The molecule has 162 valence electrons. The molecule has 0 saturated heterocycles. The second-order valence-corrected chi connectivity index (χ2v) is 9.10. The lowest BCUT2D eigenvalue weighted by Gasteiger charge is -2.10. The first-order chi connectivity index (χ1) is 14.7. The van der Waals surface area contributed by atoms with Crippen molar-refractivity contribution >= 4 is 16.0 Å². The molecule has 3 aromatic rings. The van der Waals surface area contributed by atoms with E-state index in [0.717, 1.165) is 12.8 Å². The van der Waals surface area contributed by atoms with Crippen LogP contribution in [0.1, 0.15) is 47.7 Å². The SMILES string of the molecule is Cc1ccc(-c2noc(C(C)OC(=O)c3ccc(S(=O)(=O)NC4CC4)cc3)n2)cc1F. The number of halogens is 1. The van der Waals surface area contributed by atoms with Crippen molar-refractivity contribution in [2.45, 2.75) is 43.7 Å². The van der Waals surface area contributed by atoms with Gasteiger partial charge in [0.05, 0.1) is 10.5 Å². The zero-order valence-electron chi connectivity index (χ0n) is 16.8. The lowest BCUT2D eigenvalue weighted by Crippen LogP contribution is -2.25. The molecule has 1 atom stereocenters. The van der Waals surface area contributed by atoms with E-state index < -0.39 is 22.1 Å². The predicted octanol–water partition coefficient (Wildman–Crippen LogP) is 3.54. The van der Waals surface area contributed by atoms with Gasteiger partial charge in [0.25, 0.3) is 5.89 Å². The lowest BCUT2D eigenvalue weighted by atomic mass is 10.1. The Labute approximate surface area is 178 Å². The number of sulfonamides is 1. The first-order valence-corrected chi connectivity index (χ1v) is 11.1. The summed E-state index contributed by atoms with van der Waals surface area (Å²) in [5, 5.41) is 3.81. The molecule has 0 amide bonds. The molecule has 8 nitrogen and oxygen atoms in total. The van der Waals surface area contributed by atoms with Gasteiger partial charge in [-0.25, -0.2) is 22.3 Å². The molecule has 31 heavy (non-hydrogen) atoms. The van der Waals surface area contributed by atoms with E-state index in [2.05, 4.69) is 14.9 Å². The van der Waals surface area contributed by atoms with Gasteiger partial charge in [-0.3, -0.25) is 0 Å². The average Bonchev–Trinajstić information content (AvgIpc) is 3.39. The highest BCUT2D eigenvalue weighted by atomic mass is 32.2. The normalized spacial score (nSPS) is 14.9. The third-order valence-electron chi connectivity index (χ3n) is 4.80. The molecular formula is C21H20FN3O5S. The van der Waals surface area contributed by atoms with E-state index in [9.17, 15) is 17.6 Å². The first kappa shape index (κ1) is 21.1. The largest absolute Gasteiger partial charge is 0.449 e. The number of aryl methyl sites for hydroxylation is 1. The lowest BCUT2D eigenvalue weighted by molar-refractivity contribution is 0.0265. The Morgan fingerprint density at radius 2 is 1.94 bits per heavy atom. The topological polar surface area (TPSA) is 111 Å². The van der Waals surface area contributed by atoms with Crippen molar-refractivity contribution in [1.82, 2.24) is 14.9 Å². The minimum atomic E-state index is -3.60. The summed E-state index contributed by atoms with van der Waals surface area (Å²) in [5.41, 5.74) is 1.11. The summed E-state index contributed by atoms with van der Waals surface area (Å²) in [6, 6.07) is 10.0. The van der Waals surface area contributed by atoms with Crippen molar-refractivity contribution in [2.24, 2.45) is 0 Å². The second kappa shape index (κ2) is 8.20. The molecule has 1 aliphatic carbocycles. The van der Waals surface area contributed by atoms with Crippen LogP contribution < -0.4 is 4.72 Å². The highest BCUT2D eigenvalue weighted by molar-refractivity contribution is 7.89. The van der Waals surface area contributed by atoms with Crippen LogP contribution in [0.25, 0.3) is 11.4 Å². The fraction of sp³-hybridized carbons (Fsp3) is 0.286. The fourth-order valence-corrected chi connectivity index (χ4v) is 4.09. The minimum Gasteiger partial charge on any atom is -0.449 e. The van der Waals surface area contributed by atoms with Crippen molar-refractivity contribution in [3.8, 4) is 11.4 Å². The Morgan fingerprint density at radius 1 is 1.23 bits per heavy atom. The molecule has 1 aromatic heterocycles. The van der Waals surface area contributed by atoms with Crippen molar-refractivity contribution in [2.75, 3.05) is 0 Å². The number of aromatic nitrogens is 2. The van der Waals surface area contributed by atoms with Crippen molar-refractivity contribution in [3.63, 3.8) is 0 Å². The number of carbonyl (C=O) groups excluding carboxylic acids is 1. The maximum atomic E-state index is 13.8. The zero-order chi connectivity index (χ0) is 22.2. The Kier molecular flexibility index (Phi) is 5.59. The van der Waals surface area contributed by atoms with Crippen LogP contribution in [0.2, 0.25) is 0 Å². The van der Waals surface area contributed by atoms with Gasteiger partial charge in [0.2, 0.25) is 15.8 Å². The van der Waals surface area contributed by atoms with Crippen LogP contribution in [-0.4, -0.2) is 30.6 Å². The molecule has 10 heteroatoms. The quantitative estimate of drug-likeness (QED) is 0.554. The van der Waals surface area contributed by atoms with E-state index >= 15 is 0 Å². The molecule has 2 aromatic carbocycles. The number of carbonyl (C=O) groups is 1. The van der Waals surface area contributed by atoms with Gasteiger partial charge in [-0.1, -0.05) is 17.3 Å². The van der Waals surface area contributed by atoms with Crippen LogP contribution in [0.3, 0.4) is 0 Å². The van der Waals surface area contributed by atoms with Gasteiger partial charge in [0, 0.05) is 11.6 Å². The van der Waals surface area contributed by atoms with E-state index in [1.807, 2.05) is 0 Å². The van der Waals surface area contributed by atoms with Gasteiger partial charge in [-0.15, -0.1) is 0 Å². The molecule has 1 heterocycles. The molecule has 1 aliphatic rings. The molecule has 1 saturated carbocycles. The number of hydrogen-bond acceptors (Lipinski definition) is 7. The number of rotatable bonds is 7. The molecule has 0 radical (unpaired) electrons. The molecule has 4 rings (SSSR count). The third kappa shape index (κ3) is 4.80. The Balaban J connectivity index is 1.42. The Bertz CT molecular complexity index is 1220. The second-order valence-electron chi connectivity index (χ2n) is 7.39. The smallest absolute Gasteiger partial charge is 0.338 e. The van der Waals surface area contributed by atoms with E-state index in [4.69, 9.17) is 9.26 Å². The van der Waals surface area contributed by atoms with Crippen LogP contribution in [0.15, 0.2) is 51.9 Å². The molecular weight excluding hydrogens is 425 g/mol. The molecule has 1 fully saturated rings. The molecule has 0 bridgehead atoms. The summed E-state index contributed by atoms with van der Waals surface area (Å²) in [7, 11) is -3.60. The van der Waals surface area contributed by atoms with Gasteiger partial charge in [0.1, 0.15) is 5.82 Å². The Hall–Kier alpha value is -3.11. The van der Waals surface area contributed by atoms with Gasteiger partial charge in [0.15, 0.2) is 6.10 Å². The number of nitrogens with one attached hydrogen (secondary N) is 1. The summed E-state index contributed by atoms with van der Waals surface area (Å²) >= 11 is 0. The number of hydrogen-bond donors (Lipinski definition) is 1. The van der Waals surface area contributed by atoms with Gasteiger partial charge in [-0.05, 0) is 62.6 Å². The summed E-state index contributed by atoms with van der Waals surface area (Å²) < 4.78 is 51.2. The van der Waals surface area contributed by atoms with Crippen molar-refractivity contribution in [1.29, 1.82) is 0 Å². The molecule has 1 unspecified atom stereocenters. The monoisotopic (exact) mass is 445 g/mol. The van der Waals surface area contributed by atoms with Crippen LogP contribution in [0.4, 0.5) is 4.39 Å². The predicted molar refractivity (Wildman–Crippen MR) is 108 cm³/mol. The number of nitrogens with zero attached hydrogens (tertiary/aromatic N) is 2. The van der Waals surface area contributed by atoms with Crippen molar-refractivity contribution < 1.29 is 26.9 Å². The number of esters is 1. The number of benzene rings is 2. The standard InChI is InChI=1S/C21H20FN3O5S/c1-12-3-4-15(11-18(12)22)19-23-20(30-24-19)13(2)29-21(26)14-5-9-17(10-6-14)31(27,28)25-16-7-8-16/h3-6,9-11,13,16,25H,7-8H2,1-2H3. The highest BCUT2D eigenvalue weighted by Crippen LogP contribution is 2.24. The van der Waals surface area contributed by atoms with Gasteiger partial charge in [-0.2, -0.15) is 4.98 Å². The highest BCUT2D eigenvalue weighted by Gasteiger charge is 2.28. The van der Waals surface area contributed by atoms with Gasteiger partial charge < -0.3 is 9.26 Å².